The molecule has 166 valence electrons. The van der Waals surface area contributed by atoms with E-state index in [0.29, 0.717) is 26.9 Å². The first-order valence-corrected chi connectivity index (χ1v) is 11.8. The van der Waals surface area contributed by atoms with E-state index in [1.54, 1.807) is 42.5 Å². The molecule has 3 aromatic rings. The number of ketones is 1. The Kier molecular flexibility index (Phi) is 7.69. The molecule has 0 fully saturated rings. The van der Waals surface area contributed by atoms with Gasteiger partial charge in [0.2, 0.25) is 15.9 Å². The molecule has 6 nitrogen and oxygen atoms in total. The van der Waals surface area contributed by atoms with Crippen LogP contribution in [0.25, 0.3) is 0 Å². The van der Waals surface area contributed by atoms with Crippen molar-refractivity contribution in [3.8, 4) is 0 Å². The van der Waals surface area contributed by atoms with E-state index in [4.69, 9.17) is 23.2 Å². The molecule has 0 radical (unpaired) electrons. The molecule has 0 saturated carbocycles. The minimum absolute atomic E-state index is 0.00954. The monoisotopic (exact) mass is 490 g/mol. The van der Waals surface area contributed by atoms with Crippen LogP contribution in [0.2, 0.25) is 10.0 Å². The second kappa shape index (κ2) is 10.3. The summed E-state index contributed by atoms with van der Waals surface area (Å²) in [5.41, 5.74) is 1.46. The number of sulfonamides is 1. The van der Waals surface area contributed by atoms with Crippen molar-refractivity contribution in [3.05, 3.63) is 94.0 Å². The molecule has 3 rings (SSSR count). The van der Waals surface area contributed by atoms with Gasteiger partial charge >= 0.3 is 0 Å². The molecule has 0 aliphatic rings. The third-order valence-corrected chi connectivity index (χ3v) is 6.87. The van der Waals surface area contributed by atoms with Crippen molar-refractivity contribution in [2.75, 3.05) is 11.9 Å². The lowest BCUT2D eigenvalue weighted by Gasteiger charge is -2.22. The van der Waals surface area contributed by atoms with Crippen molar-refractivity contribution >= 4 is 50.6 Å². The van der Waals surface area contributed by atoms with Crippen molar-refractivity contribution in [3.63, 3.8) is 0 Å². The minimum atomic E-state index is -4.02. The number of halogens is 2. The number of rotatable bonds is 8. The maximum absolute atomic E-state index is 13.3. The predicted octanol–water partition coefficient (Wildman–Crippen LogP) is 5.03. The predicted molar refractivity (Wildman–Crippen MR) is 126 cm³/mol. The molecule has 0 spiro atoms. The summed E-state index contributed by atoms with van der Waals surface area (Å²) in [7, 11) is -4.02. The van der Waals surface area contributed by atoms with Crippen molar-refractivity contribution < 1.29 is 18.0 Å². The summed E-state index contributed by atoms with van der Waals surface area (Å²) in [5.74, 6) is -0.695. The summed E-state index contributed by atoms with van der Waals surface area (Å²) in [6, 6.07) is 18.9. The number of carbonyl (C=O) groups is 2. The lowest BCUT2D eigenvalue weighted by Crippen LogP contribution is -2.37. The maximum Gasteiger partial charge on any atom is 0.243 e. The Morgan fingerprint density at radius 1 is 0.906 bits per heavy atom. The van der Waals surface area contributed by atoms with E-state index in [1.807, 2.05) is 0 Å². The highest BCUT2D eigenvalue weighted by molar-refractivity contribution is 7.89. The van der Waals surface area contributed by atoms with Gasteiger partial charge in [0.25, 0.3) is 0 Å². The number of benzene rings is 3. The van der Waals surface area contributed by atoms with E-state index in [1.165, 1.54) is 37.3 Å². The summed E-state index contributed by atoms with van der Waals surface area (Å²) >= 11 is 11.9. The fourth-order valence-electron chi connectivity index (χ4n) is 3.00. The van der Waals surface area contributed by atoms with Crippen molar-refractivity contribution in [2.24, 2.45) is 0 Å². The van der Waals surface area contributed by atoms with Gasteiger partial charge in [0.05, 0.1) is 11.4 Å². The van der Waals surface area contributed by atoms with Crippen LogP contribution >= 0.6 is 23.2 Å². The number of amides is 1. The van der Waals surface area contributed by atoms with Gasteiger partial charge in [-0.15, -0.1) is 0 Å². The maximum atomic E-state index is 13.3. The largest absolute Gasteiger partial charge is 0.325 e. The molecule has 1 amide bonds. The molecule has 0 saturated heterocycles. The highest BCUT2D eigenvalue weighted by Crippen LogP contribution is 2.22. The summed E-state index contributed by atoms with van der Waals surface area (Å²) in [6.45, 7) is 0.917. The summed E-state index contributed by atoms with van der Waals surface area (Å²) in [5, 5.41) is 3.51. The molecule has 32 heavy (non-hydrogen) atoms. The minimum Gasteiger partial charge on any atom is -0.325 e. The number of hydrogen-bond donors (Lipinski definition) is 1. The Morgan fingerprint density at radius 3 is 2.25 bits per heavy atom. The van der Waals surface area contributed by atoms with Gasteiger partial charge in [0.15, 0.2) is 5.78 Å². The zero-order valence-corrected chi connectivity index (χ0v) is 19.4. The summed E-state index contributed by atoms with van der Waals surface area (Å²) < 4.78 is 27.6. The zero-order valence-electron chi connectivity index (χ0n) is 17.1. The average molecular weight is 491 g/mol. The first kappa shape index (κ1) is 23.9. The molecule has 0 bridgehead atoms. The molecule has 1 N–H and O–H groups in total. The zero-order chi connectivity index (χ0) is 23.3. The average Bonchev–Trinajstić information content (AvgIpc) is 2.74. The first-order valence-electron chi connectivity index (χ1n) is 9.56. The molecule has 0 aromatic heterocycles. The van der Waals surface area contributed by atoms with E-state index in [0.717, 1.165) is 4.31 Å². The van der Waals surface area contributed by atoms with Gasteiger partial charge in [-0.3, -0.25) is 9.59 Å². The Labute approximate surface area is 196 Å². The fraction of sp³-hybridized carbons (Fsp3) is 0.130. The Balaban J connectivity index is 1.88. The van der Waals surface area contributed by atoms with Crippen LogP contribution in [0.5, 0.6) is 0 Å². The molecule has 0 unspecified atom stereocenters. The summed E-state index contributed by atoms with van der Waals surface area (Å²) in [4.78, 5) is 24.3. The van der Waals surface area contributed by atoms with Gasteiger partial charge in [-0.1, -0.05) is 47.5 Å². The van der Waals surface area contributed by atoms with Crippen LogP contribution in [0, 0.1) is 0 Å². The summed E-state index contributed by atoms with van der Waals surface area (Å²) in [6.07, 6.45) is 0. The van der Waals surface area contributed by atoms with Crippen molar-refractivity contribution in [1.29, 1.82) is 0 Å². The molecule has 9 heteroatoms. The molecule has 0 heterocycles. The van der Waals surface area contributed by atoms with E-state index in [-0.39, 0.29) is 17.2 Å². The second-order valence-corrected chi connectivity index (χ2v) is 9.85. The molecule has 3 aromatic carbocycles. The van der Waals surface area contributed by atoms with E-state index < -0.39 is 22.5 Å². The Morgan fingerprint density at radius 2 is 1.59 bits per heavy atom. The van der Waals surface area contributed by atoms with Crippen LogP contribution in [0.15, 0.2) is 77.7 Å². The first-order chi connectivity index (χ1) is 15.1. The van der Waals surface area contributed by atoms with Crippen LogP contribution in [0.4, 0.5) is 5.69 Å². The van der Waals surface area contributed by atoms with Gasteiger partial charge in [0.1, 0.15) is 0 Å². The van der Waals surface area contributed by atoms with Crippen LogP contribution in [0.1, 0.15) is 22.8 Å². The smallest absolute Gasteiger partial charge is 0.243 e. The number of Topliss-reactive ketones (excluding diaryl/α,β-unsaturated/α-hetero) is 1. The number of hydrogen-bond acceptors (Lipinski definition) is 4. The van der Waals surface area contributed by atoms with Crippen LogP contribution < -0.4 is 5.32 Å². The van der Waals surface area contributed by atoms with Crippen LogP contribution in [-0.2, 0) is 21.4 Å². The van der Waals surface area contributed by atoms with Gasteiger partial charge in [0, 0.05) is 27.8 Å². The highest BCUT2D eigenvalue weighted by atomic mass is 35.5. The normalized spacial score (nSPS) is 11.4. The van der Waals surface area contributed by atoms with Gasteiger partial charge in [-0.2, -0.15) is 4.31 Å². The SMILES string of the molecule is CC(=O)c1cccc(NC(=O)CN(Cc2cccc(Cl)c2)S(=O)(=O)c2ccc(Cl)cc2)c1. The molecular formula is C23H20Cl2N2O4S. The van der Waals surface area contributed by atoms with Crippen molar-refractivity contribution in [2.45, 2.75) is 18.4 Å². The Hall–Kier alpha value is -2.71. The van der Waals surface area contributed by atoms with Crippen LogP contribution in [0.3, 0.4) is 0 Å². The second-order valence-electron chi connectivity index (χ2n) is 7.04. The lowest BCUT2D eigenvalue weighted by atomic mass is 10.1. The van der Waals surface area contributed by atoms with E-state index in [9.17, 15) is 18.0 Å². The van der Waals surface area contributed by atoms with Gasteiger partial charge in [-0.25, -0.2) is 8.42 Å². The lowest BCUT2D eigenvalue weighted by molar-refractivity contribution is -0.116. The third-order valence-electron chi connectivity index (χ3n) is 4.57. The fourth-order valence-corrected chi connectivity index (χ4v) is 4.72. The number of anilines is 1. The molecule has 0 aliphatic carbocycles. The number of nitrogens with zero attached hydrogens (tertiary/aromatic N) is 1. The van der Waals surface area contributed by atoms with E-state index in [2.05, 4.69) is 5.32 Å². The molecule has 0 aliphatic heterocycles. The topological polar surface area (TPSA) is 83.6 Å². The highest BCUT2D eigenvalue weighted by Gasteiger charge is 2.27. The van der Waals surface area contributed by atoms with Gasteiger partial charge in [-0.05, 0) is 61.0 Å². The Bertz CT molecular complexity index is 1240. The number of carbonyl (C=O) groups excluding carboxylic acids is 2. The molecular weight excluding hydrogens is 471 g/mol. The standard InChI is InChI=1S/C23H20Cl2N2O4S/c1-16(28)18-5-3-7-21(13-18)26-23(29)15-27(14-17-4-2-6-20(25)12-17)32(30,31)22-10-8-19(24)9-11-22/h2-13H,14-15H2,1H3,(H,26,29). The quantitative estimate of drug-likeness (QED) is 0.449. The number of nitrogens with one attached hydrogen (secondary N) is 1. The van der Waals surface area contributed by atoms with Gasteiger partial charge < -0.3 is 5.32 Å². The third kappa shape index (κ3) is 6.17. The van der Waals surface area contributed by atoms with Crippen molar-refractivity contribution in [1.82, 2.24) is 4.31 Å². The van der Waals surface area contributed by atoms with E-state index >= 15 is 0 Å². The van der Waals surface area contributed by atoms with Crippen LogP contribution in [-0.4, -0.2) is 31.0 Å². The molecule has 0 atom stereocenters.